The van der Waals surface area contributed by atoms with Crippen LogP contribution in [0.1, 0.15) is 161 Å². The molecule has 334 valence electrons. The van der Waals surface area contributed by atoms with Crippen LogP contribution in [-0.2, 0) is 52.5 Å². The summed E-state index contributed by atoms with van der Waals surface area (Å²) in [5.74, 6) is -2.29. The summed E-state index contributed by atoms with van der Waals surface area (Å²) in [6.45, 7) is 24.3. The Balaban J connectivity index is 1.52. The van der Waals surface area contributed by atoms with Crippen molar-refractivity contribution in [3.63, 3.8) is 0 Å². The molecule has 12 heteroatoms. The van der Waals surface area contributed by atoms with Crippen LogP contribution in [-0.4, -0.2) is 72.8 Å². The first-order chi connectivity index (χ1) is 27.3. The van der Waals surface area contributed by atoms with Gasteiger partial charge < -0.3 is 29.0 Å². The van der Waals surface area contributed by atoms with E-state index in [0.717, 1.165) is 52.4 Å². The second kappa shape index (κ2) is 17.3. The van der Waals surface area contributed by atoms with Gasteiger partial charge >= 0.3 is 29.8 Å². The molecule has 5 saturated carbocycles. The molecule has 5 fully saturated rings. The Morgan fingerprint density at radius 3 is 1.53 bits per heavy atom. The minimum atomic E-state index is -1.59. The van der Waals surface area contributed by atoms with Crippen LogP contribution in [0.3, 0.4) is 0 Å². The maximum atomic E-state index is 13.1. The molecule has 5 unspecified atom stereocenters. The number of nitrogens with one attached hydrogen (secondary N) is 1. The molecule has 1 amide bonds. The lowest BCUT2D eigenvalue weighted by molar-refractivity contribution is -0.242. The summed E-state index contributed by atoms with van der Waals surface area (Å²) in [7, 11) is 0. The van der Waals surface area contributed by atoms with Gasteiger partial charge in [0.2, 0.25) is 5.91 Å². The third-order valence-electron chi connectivity index (χ3n) is 17.4. The van der Waals surface area contributed by atoms with Crippen molar-refractivity contribution >= 4 is 35.8 Å². The molecule has 0 spiro atoms. The Morgan fingerprint density at radius 1 is 0.525 bits per heavy atom. The minimum Gasteiger partial charge on any atom is -0.458 e. The summed E-state index contributed by atoms with van der Waals surface area (Å²) < 4.78 is 29.3. The normalized spacial score (nSPS) is 37.5. The zero-order chi connectivity index (χ0) is 44.0. The lowest BCUT2D eigenvalue weighted by Crippen LogP contribution is -2.66. The maximum absolute atomic E-state index is 13.1. The van der Waals surface area contributed by atoms with Crippen molar-refractivity contribution in [3.8, 4) is 0 Å². The SMILES string of the molecule is CC(=O)NCC(OC(C)=O)C(OC(C)=O)C(OC(C)=O)C(OC(C)=O)C(OC(C)=O)[C@@H](C)[C@H]1CC[C@]2(C)[C@H]3CC[C@@H]4[C@@]5(C)CCCC(C)(C)[C@@H]5CC[C@@]4(C)[C@]3(C)CC[C@@H]12. The summed E-state index contributed by atoms with van der Waals surface area (Å²) in [5.41, 5.74) is 1.13. The molecular weight excluding hydrogens is 755 g/mol. The molecule has 0 bridgehead atoms. The summed E-state index contributed by atoms with van der Waals surface area (Å²) in [5, 5.41) is 2.58. The van der Waals surface area contributed by atoms with Crippen LogP contribution < -0.4 is 5.32 Å². The van der Waals surface area contributed by atoms with Crippen LogP contribution in [0.4, 0.5) is 0 Å². The van der Waals surface area contributed by atoms with E-state index in [4.69, 9.17) is 23.7 Å². The molecule has 5 aliphatic carbocycles. The Bertz CT molecular complexity index is 1630. The number of ether oxygens (including phenoxy) is 5. The number of fused-ring (bicyclic) bond motifs is 7. The highest BCUT2D eigenvalue weighted by atomic mass is 16.6. The molecule has 5 aliphatic rings. The van der Waals surface area contributed by atoms with Crippen LogP contribution in [0.5, 0.6) is 0 Å². The van der Waals surface area contributed by atoms with Crippen molar-refractivity contribution in [2.75, 3.05) is 6.54 Å². The quantitative estimate of drug-likeness (QED) is 0.142. The highest BCUT2D eigenvalue weighted by Gasteiger charge is 2.70. The molecular formula is C47H75NO11. The van der Waals surface area contributed by atoms with Crippen molar-refractivity contribution in [2.24, 2.45) is 62.6 Å². The number of hydrogen-bond acceptors (Lipinski definition) is 11. The van der Waals surface area contributed by atoms with Gasteiger partial charge in [-0.05, 0) is 121 Å². The first kappa shape index (κ1) is 46.9. The third-order valence-corrected chi connectivity index (χ3v) is 17.4. The highest BCUT2D eigenvalue weighted by molar-refractivity contribution is 5.73. The van der Waals surface area contributed by atoms with Crippen molar-refractivity contribution in [1.82, 2.24) is 5.32 Å². The van der Waals surface area contributed by atoms with Crippen molar-refractivity contribution in [1.29, 1.82) is 0 Å². The van der Waals surface area contributed by atoms with Gasteiger partial charge in [0.05, 0.1) is 6.54 Å². The van der Waals surface area contributed by atoms with Crippen LogP contribution in [0.15, 0.2) is 0 Å². The summed E-state index contributed by atoms with van der Waals surface area (Å²) in [6, 6.07) is 0. The van der Waals surface area contributed by atoms with Gasteiger partial charge in [0.15, 0.2) is 24.4 Å². The molecule has 0 radical (unpaired) electrons. The van der Waals surface area contributed by atoms with E-state index in [1.807, 2.05) is 6.92 Å². The second-order valence-corrected chi connectivity index (χ2v) is 21.1. The van der Waals surface area contributed by atoms with Gasteiger partial charge in [0.25, 0.3) is 0 Å². The van der Waals surface area contributed by atoms with E-state index in [2.05, 4.69) is 46.9 Å². The fourth-order valence-electron chi connectivity index (χ4n) is 15.1. The lowest BCUT2D eigenvalue weighted by atomic mass is 9.32. The monoisotopic (exact) mass is 830 g/mol. The minimum absolute atomic E-state index is 0.0234. The van der Waals surface area contributed by atoms with Crippen LogP contribution in [0, 0.1) is 62.6 Å². The van der Waals surface area contributed by atoms with Gasteiger partial charge in [-0.1, -0.05) is 54.9 Å². The number of carbonyl (C=O) groups excluding carboxylic acids is 6. The molecule has 1 N–H and O–H groups in total. The largest absolute Gasteiger partial charge is 0.458 e. The number of hydrogen-bond donors (Lipinski definition) is 1. The van der Waals surface area contributed by atoms with Gasteiger partial charge in [0, 0.05) is 47.5 Å². The first-order valence-corrected chi connectivity index (χ1v) is 22.4. The number of carbonyl (C=O) groups is 6. The van der Waals surface area contributed by atoms with Gasteiger partial charge in [-0.3, -0.25) is 28.8 Å². The molecule has 0 aromatic heterocycles. The highest BCUT2D eigenvalue weighted by Crippen LogP contribution is 2.78. The molecule has 0 aromatic carbocycles. The lowest BCUT2D eigenvalue weighted by Gasteiger charge is -2.73. The van der Waals surface area contributed by atoms with Gasteiger partial charge in [-0.15, -0.1) is 0 Å². The van der Waals surface area contributed by atoms with Crippen LogP contribution >= 0.6 is 0 Å². The molecule has 0 aliphatic heterocycles. The molecule has 0 heterocycles. The molecule has 12 nitrogen and oxygen atoms in total. The molecule has 5 rings (SSSR count). The van der Waals surface area contributed by atoms with Crippen molar-refractivity contribution in [3.05, 3.63) is 0 Å². The smallest absolute Gasteiger partial charge is 0.303 e. The maximum Gasteiger partial charge on any atom is 0.303 e. The Labute approximate surface area is 353 Å². The molecule has 0 aromatic rings. The van der Waals surface area contributed by atoms with E-state index in [-0.39, 0.29) is 34.6 Å². The van der Waals surface area contributed by atoms with E-state index >= 15 is 0 Å². The third kappa shape index (κ3) is 8.80. The van der Waals surface area contributed by atoms with Crippen molar-refractivity contribution in [2.45, 2.75) is 191 Å². The van der Waals surface area contributed by atoms with Gasteiger partial charge in [-0.2, -0.15) is 0 Å². The van der Waals surface area contributed by atoms with E-state index in [1.54, 1.807) is 0 Å². The number of esters is 5. The standard InChI is InChI=1S/C47H75NO11/c1-26(39(56-29(4)51)41(58-31(6)53)42(59-32(7)54)40(57-30(5)52)35(55-28(3)50)25-48-27(2)49)33-17-22-44(10)34(33)18-23-46(12)37(44)15-16-38-45(11)21-14-20-43(8,9)36(45)19-24-47(38,46)13/h26,33-42H,14-25H2,1-13H3,(H,48,49)/t26-,33+,34-,35?,36-,37+,38+,39?,40?,41?,42?,44-,45-,46+,47+/m0/s1. The van der Waals surface area contributed by atoms with Gasteiger partial charge in [0.1, 0.15) is 6.10 Å². The fourth-order valence-corrected chi connectivity index (χ4v) is 15.1. The van der Waals surface area contributed by atoms with Gasteiger partial charge in [-0.25, -0.2) is 0 Å². The Kier molecular flexibility index (Phi) is 13.7. The second-order valence-electron chi connectivity index (χ2n) is 21.1. The molecule has 59 heavy (non-hydrogen) atoms. The Morgan fingerprint density at radius 2 is 1.00 bits per heavy atom. The molecule has 15 atom stereocenters. The predicted octanol–water partition coefficient (Wildman–Crippen LogP) is 7.91. The number of amides is 1. The summed E-state index contributed by atoms with van der Waals surface area (Å²) >= 11 is 0. The van der Waals surface area contributed by atoms with Crippen LogP contribution in [0.25, 0.3) is 0 Å². The zero-order valence-corrected chi connectivity index (χ0v) is 38.3. The predicted molar refractivity (Wildman–Crippen MR) is 220 cm³/mol. The van der Waals surface area contributed by atoms with E-state index in [1.165, 1.54) is 65.7 Å². The van der Waals surface area contributed by atoms with Crippen LogP contribution in [0.2, 0.25) is 0 Å². The average Bonchev–Trinajstić information content (AvgIpc) is 3.45. The first-order valence-electron chi connectivity index (χ1n) is 22.4. The number of rotatable bonds is 13. The Hall–Kier alpha value is -3.18. The van der Waals surface area contributed by atoms with Crippen molar-refractivity contribution < 1.29 is 52.5 Å². The summed E-state index contributed by atoms with van der Waals surface area (Å²) in [6.07, 6.45) is 5.84. The fraction of sp³-hybridized carbons (Fsp3) is 0.872. The average molecular weight is 830 g/mol. The molecule has 0 saturated heterocycles. The van der Waals surface area contributed by atoms with E-state index < -0.39 is 72.2 Å². The summed E-state index contributed by atoms with van der Waals surface area (Å²) in [4.78, 5) is 76.0. The zero-order valence-electron chi connectivity index (χ0n) is 38.3. The van der Waals surface area contributed by atoms with E-state index in [9.17, 15) is 28.8 Å². The van der Waals surface area contributed by atoms with E-state index in [0.29, 0.717) is 22.7 Å². The topological polar surface area (TPSA) is 161 Å².